The number of esters is 1. The molecule has 0 aliphatic rings. The van der Waals surface area contributed by atoms with Crippen LogP contribution in [0.5, 0.6) is 0 Å². The summed E-state index contributed by atoms with van der Waals surface area (Å²) in [5.41, 5.74) is 0. The fourth-order valence-electron chi connectivity index (χ4n) is 1.87. The highest BCUT2D eigenvalue weighted by molar-refractivity contribution is 5.79. The summed E-state index contributed by atoms with van der Waals surface area (Å²) in [4.78, 5) is 15.7. The number of aryl methyl sites for hydroxylation is 1. The van der Waals surface area contributed by atoms with Gasteiger partial charge in [0, 0.05) is 45.0 Å². The number of hydrogen-bond acceptors (Lipinski definition) is 4. The zero-order valence-electron chi connectivity index (χ0n) is 13.5. The zero-order chi connectivity index (χ0) is 16.0. The van der Waals surface area contributed by atoms with E-state index >= 15 is 0 Å². The first-order valence-corrected chi connectivity index (χ1v) is 7.91. The lowest BCUT2D eigenvalue weighted by molar-refractivity contribution is -0.143. The molecule has 0 fully saturated rings. The van der Waals surface area contributed by atoms with Gasteiger partial charge in [0.2, 0.25) is 0 Å². The van der Waals surface area contributed by atoms with Crippen LogP contribution in [0.15, 0.2) is 23.5 Å². The van der Waals surface area contributed by atoms with Crippen LogP contribution in [0.2, 0.25) is 0 Å². The Bertz CT molecular complexity index is 431. The van der Waals surface area contributed by atoms with Gasteiger partial charge in [-0.05, 0) is 32.8 Å². The summed E-state index contributed by atoms with van der Waals surface area (Å²) in [5, 5.41) is 10.6. The van der Waals surface area contributed by atoms with Gasteiger partial charge in [0.25, 0.3) is 0 Å². The van der Waals surface area contributed by atoms with Gasteiger partial charge in [-0.2, -0.15) is 5.10 Å². The highest BCUT2D eigenvalue weighted by atomic mass is 16.5. The molecule has 7 nitrogen and oxygen atoms in total. The molecule has 124 valence electrons. The van der Waals surface area contributed by atoms with Gasteiger partial charge in [0.15, 0.2) is 5.96 Å². The van der Waals surface area contributed by atoms with E-state index in [9.17, 15) is 4.79 Å². The van der Waals surface area contributed by atoms with Crippen molar-refractivity contribution in [2.45, 2.75) is 39.7 Å². The second-order valence-electron chi connectivity index (χ2n) is 4.72. The van der Waals surface area contributed by atoms with Crippen molar-refractivity contribution in [2.75, 3.05) is 26.2 Å². The third kappa shape index (κ3) is 8.28. The van der Waals surface area contributed by atoms with Crippen molar-refractivity contribution in [3.63, 3.8) is 0 Å². The van der Waals surface area contributed by atoms with Crippen molar-refractivity contribution in [3.05, 3.63) is 18.5 Å². The molecule has 0 saturated heterocycles. The molecule has 1 heterocycles. The van der Waals surface area contributed by atoms with E-state index in [0.717, 1.165) is 38.4 Å². The molecular formula is C15H27N5O2. The highest BCUT2D eigenvalue weighted by Gasteiger charge is 2.02. The van der Waals surface area contributed by atoms with Crippen LogP contribution in [-0.4, -0.2) is 48.0 Å². The smallest absolute Gasteiger partial charge is 0.305 e. The predicted octanol–water partition coefficient (Wildman–Crippen LogP) is 1.17. The first-order chi connectivity index (χ1) is 10.8. The van der Waals surface area contributed by atoms with Crippen molar-refractivity contribution in [2.24, 2.45) is 4.99 Å². The predicted molar refractivity (Wildman–Crippen MR) is 86.7 cm³/mol. The Morgan fingerprint density at radius 2 is 2.18 bits per heavy atom. The molecule has 1 aromatic heterocycles. The summed E-state index contributed by atoms with van der Waals surface area (Å²) >= 11 is 0. The van der Waals surface area contributed by atoms with Crippen molar-refractivity contribution in [1.82, 2.24) is 20.4 Å². The van der Waals surface area contributed by atoms with Crippen LogP contribution >= 0.6 is 0 Å². The number of carbonyl (C=O) groups is 1. The van der Waals surface area contributed by atoms with E-state index < -0.39 is 0 Å². The van der Waals surface area contributed by atoms with Gasteiger partial charge in [-0.15, -0.1) is 0 Å². The van der Waals surface area contributed by atoms with Crippen LogP contribution in [0.25, 0.3) is 0 Å². The second kappa shape index (κ2) is 11.6. The molecule has 0 unspecified atom stereocenters. The summed E-state index contributed by atoms with van der Waals surface area (Å²) in [7, 11) is 0. The monoisotopic (exact) mass is 309 g/mol. The van der Waals surface area contributed by atoms with Crippen molar-refractivity contribution in [1.29, 1.82) is 0 Å². The molecule has 0 radical (unpaired) electrons. The van der Waals surface area contributed by atoms with E-state index in [4.69, 9.17) is 4.74 Å². The lowest BCUT2D eigenvalue weighted by Crippen LogP contribution is -2.38. The SMILES string of the molecule is CCNC(=NCCCn1cccn1)NCCCC(=O)OCC. The lowest BCUT2D eigenvalue weighted by Gasteiger charge is -2.11. The van der Waals surface area contributed by atoms with E-state index in [0.29, 0.717) is 19.6 Å². The molecule has 22 heavy (non-hydrogen) atoms. The van der Waals surface area contributed by atoms with E-state index in [1.807, 2.05) is 30.8 Å². The number of guanidine groups is 1. The van der Waals surface area contributed by atoms with Crippen molar-refractivity contribution in [3.8, 4) is 0 Å². The van der Waals surface area contributed by atoms with Gasteiger partial charge in [-0.25, -0.2) is 0 Å². The van der Waals surface area contributed by atoms with E-state index in [1.165, 1.54) is 0 Å². The average molecular weight is 309 g/mol. The van der Waals surface area contributed by atoms with E-state index in [-0.39, 0.29) is 5.97 Å². The maximum absolute atomic E-state index is 11.2. The molecule has 0 amide bonds. The molecule has 0 aromatic carbocycles. The van der Waals surface area contributed by atoms with Gasteiger partial charge in [0.05, 0.1) is 6.61 Å². The standard InChI is InChI=1S/C15H27N5O2/c1-3-16-15(17-9-5-8-14(21)22-4-2)18-10-6-12-20-13-7-11-19-20/h7,11,13H,3-6,8-10,12H2,1-2H3,(H2,16,17,18). The zero-order valence-corrected chi connectivity index (χ0v) is 13.5. The van der Waals surface area contributed by atoms with Crippen LogP contribution in [0, 0.1) is 0 Å². The molecular weight excluding hydrogens is 282 g/mol. The minimum atomic E-state index is -0.148. The molecule has 0 saturated carbocycles. The highest BCUT2D eigenvalue weighted by Crippen LogP contribution is 1.92. The number of rotatable bonds is 10. The van der Waals surface area contributed by atoms with Crippen LogP contribution in [0.1, 0.15) is 33.1 Å². The van der Waals surface area contributed by atoms with Crippen molar-refractivity contribution >= 4 is 11.9 Å². The number of aromatic nitrogens is 2. The summed E-state index contributed by atoms with van der Waals surface area (Å²) in [6.45, 7) is 7.38. The molecule has 0 aliphatic carbocycles. The molecule has 7 heteroatoms. The Hall–Kier alpha value is -2.05. The number of nitrogens with one attached hydrogen (secondary N) is 2. The van der Waals surface area contributed by atoms with Gasteiger partial charge in [-0.3, -0.25) is 14.5 Å². The molecule has 1 rings (SSSR count). The third-order valence-electron chi connectivity index (χ3n) is 2.87. The van der Waals surface area contributed by atoms with E-state index in [2.05, 4.69) is 20.7 Å². The van der Waals surface area contributed by atoms with Gasteiger partial charge in [0.1, 0.15) is 0 Å². The maximum Gasteiger partial charge on any atom is 0.305 e. The largest absolute Gasteiger partial charge is 0.466 e. The molecule has 1 aromatic rings. The first kappa shape index (κ1) is 18.0. The van der Waals surface area contributed by atoms with Gasteiger partial charge in [-0.1, -0.05) is 0 Å². The van der Waals surface area contributed by atoms with Gasteiger partial charge < -0.3 is 15.4 Å². The second-order valence-corrected chi connectivity index (χ2v) is 4.72. The van der Waals surface area contributed by atoms with Gasteiger partial charge >= 0.3 is 5.97 Å². The average Bonchev–Trinajstić information content (AvgIpc) is 3.01. The minimum Gasteiger partial charge on any atom is -0.466 e. The number of nitrogens with zero attached hydrogens (tertiary/aromatic N) is 3. The molecule has 2 N–H and O–H groups in total. The fourth-order valence-corrected chi connectivity index (χ4v) is 1.87. The van der Waals surface area contributed by atoms with Crippen LogP contribution in [0.3, 0.4) is 0 Å². The molecule has 0 atom stereocenters. The minimum absolute atomic E-state index is 0.148. The van der Waals surface area contributed by atoms with Crippen molar-refractivity contribution < 1.29 is 9.53 Å². The summed E-state index contributed by atoms with van der Waals surface area (Å²) in [6, 6.07) is 1.92. The number of ether oxygens (including phenoxy) is 1. The lowest BCUT2D eigenvalue weighted by atomic mass is 10.3. The quantitative estimate of drug-likeness (QED) is 0.293. The third-order valence-corrected chi connectivity index (χ3v) is 2.87. The summed E-state index contributed by atoms with van der Waals surface area (Å²) in [6.07, 6.45) is 5.82. The number of aliphatic imine (C=N–C) groups is 1. The Labute approximate surface area is 132 Å². The molecule has 0 aliphatic heterocycles. The Morgan fingerprint density at radius 1 is 1.32 bits per heavy atom. The summed E-state index contributed by atoms with van der Waals surface area (Å²) < 4.78 is 6.79. The Morgan fingerprint density at radius 3 is 2.86 bits per heavy atom. The summed E-state index contributed by atoms with van der Waals surface area (Å²) in [5.74, 6) is 0.636. The molecule has 0 spiro atoms. The Kier molecular flexibility index (Phi) is 9.48. The maximum atomic E-state index is 11.2. The fraction of sp³-hybridized carbons (Fsp3) is 0.667. The number of hydrogen-bond donors (Lipinski definition) is 2. The topological polar surface area (TPSA) is 80.5 Å². The van der Waals surface area contributed by atoms with E-state index in [1.54, 1.807) is 6.20 Å². The van der Waals surface area contributed by atoms with Crippen LogP contribution < -0.4 is 10.6 Å². The normalized spacial score (nSPS) is 11.3. The van der Waals surface area contributed by atoms with Crippen LogP contribution in [-0.2, 0) is 16.1 Å². The van der Waals surface area contributed by atoms with Crippen LogP contribution in [0.4, 0.5) is 0 Å². The first-order valence-electron chi connectivity index (χ1n) is 7.91. The Balaban J connectivity index is 2.19. The number of carbonyl (C=O) groups excluding carboxylic acids is 1. The molecule has 0 bridgehead atoms.